The minimum absolute atomic E-state index is 0.00981. The van der Waals surface area contributed by atoms with Gasteiger partial charge in [-0.15, -0.1) is 0 Å². The minimum Gasteiger partial charge on any atom is -0.478 e. The number of hydrogen-bond acceptors (Lipinski definition) is 2. The molecule has 2 aromatic rings. The van der Waals surface area contributed by atoms with Crippen molar-refractivity contribution >= 4 is 5.78 Å². The number of aryl methyl sites for hydroxylation is 1. The summed E-state index contributed by atoms with van der Waals surface area (Å²) in [6, 6.07) is 11.6. The number of ether oxygens (including phenoxy) is 1. The highest BCUT2D eigenvalue weighted by atomic mass is 19.4. The van der Waals surface area contributed by atoms with Gasteiger partial charge in [-0.1, -0.05) is 35.9 Å². The minimum atomic E-state index is -4.45. The Hall–Kier alpha value is -2.30. The Morgan fingerprint density at radius 3 is 2.27 bits per heavy atom. The van der Waals surface area contributed by atoms with Crippen molar-refractivity contribution in [1.82, 2.24) is 0 Å². The maximum atomic E-state index is 12.7. The average Bonchev–Trinajstić information content (AvgIpc) is 2.45. The van der Waals surface area contributed by atoms with Crippen molar-refractivity contribution in [3.63, 3.8) is 0 Å². The predicted molar refractivity (Wildman–Crippen MR) is 76.7 cm³/mol. The molecule has 0 amide bonds. The topological polar surface area (TPSA) is 26.3 Å². The highest BCUT2D eigenvalue weighted by molar-refractivity contribution is 5.82. The first kappa shape index (κ1) is 16.1. The van der Waals surface area contributed by atoms with Crippen molar-refractivity contribution < 1.29 is 22.7 Å². The first-order chi connectivity index (χ1) is 10.3. The van der Waals surface area contributed by atoms with Crippen LogP contribution in [0.3, 0.4) is 0 Å². The molecule has 0 heterocycles. The average molecular weight is 308 g/mol. The lowest BCUT2D eigenvalue weighted by Crippen LogP contribution is -2.16. The summed E-state index contributed by atoms with van der Waals surface area (Å²) in [5, 5.41) is 0. The van der Waals surface area contributed by atoms with Crippen LogP contribution < -0.4 is 4.74 Å². The Kier molecular flexibility index (Phi) is 4.54. The van der Waals surface area contributed by atoms with Crippen LogP contribution >= 0.6 is 0 Å². The highest BCUT2D eigenvalue weighted by Gasteiger charge is 2.31. The first-order valence-electron chi connectivity index (χ1n) is 6.68. The zero-order valence-electron chi connectivity index (χ0n) is 12.1. The van der Waals surface area contributed by atoms with Gasteiger partial charge in [-0.3, -0.25) is 4.79 Å². The van der Waals surface area contributed by atoms with Gasteiger partial charge in [0.05, 0.1) is 5.56 Å². The van der Waals surface area contributed by atoms with E-state index in [2.05, 4.69) is 0 Å². The molecule has 2 rings (SSSR count). The van der Waals surface area contributed by atoms with E-state index in [-0.39, 0.29) is 11.5 Å². The molecule has 116 valence electrons. The SMILES string of the molecule is CC(=O)[C@@H](Oc1cccc(C(F)(F)F)c1)c1ccc(C)cc1. The number of carbonyl (C=O) groups excluding carboxylic acids is 1. The molecule has 1 atom stereocenters. The molecule has 2 nitrogen and oxygen atoms in total. The second-order valence-corrected chi connectivity index (χ2v) is 5.04. The molecule has 5 heteroatoms. The van der Waals surface area contributed by atoms with E-state index in [0.717, 1.165) is 17.7 Å². The third kappa shape index (κ3) is 3.87. The fraction of sp³-hybridized carbons (Fsp3) is 0.235. The summed E-state index contributed by atoms with van der Waals surface area (Å²) < 4.78 is 43.6. The summed E-state index contributed by atoms with van der Waals surface area (Å²) >= 11 is 0. The number of alkyl halides is 3. The molecular formula is C17H15F3O2. The predicted octanol–water partition coefficient (Wildman–Crippen LogP) is 4.72. The van der Waals surface area contributed by atoms with Crippen molar-refractivity contribution in [2.75, 3.05) is 0 Å². The lowest BCUT2D eigenvalue weighted by molar-refractivity contribution is -0.137. The molecule has 0 N–H and O–H groups in total. The number of Topliss-reactive ketones (excluding diaryl/α,β-unsaturated/α-hetero) is 1. The van der Waals surface area contributed by atoms with Crippen molar-refractivity contribution in [3.05, 3.63) is 65.2 Å². The van der Waals surface area contributed by atoms with Crippen LogP contribution in [0, 0.1) is 6.92 Å². The van der Waals surface area contributed by atoms with Crippen LogP contribution in [0.2, 0.25) is 0 Å². The molecular weight excluding hydrogens is 293 g/mol. The van der Waals surface area contributed by atoms with Crippen LogP contribution in [0.25, 0.3) is 0 Å². The van der Waals surface area contributed by atoms with Crippen LogP contribution in [0.5, 0.6) is 5.75 Å². The van der Waals surface area contributed by atoms with E-state index in [0.29, 0.717) is 5.56 Å². The molecule has 0 aromatic heterocycles. The van der Waals surface area contributed by atoms with Gasteiger partial charge in [0.2, 0.25) is 0 Å². The standard InChI is InChI=1S/C17H15F3O2/c1-11-6-8-13(9-7-11)16(12(2)21)22-15-5-3-4-14(10-15)17(18,19)20/h3-10,16H,1-2H3/t16-/m1/s1. The summed E-state index contributed by atoms with van der Waals surface area (Å²) in [5.41, 5.74) is 0.817. The van der Waals surface area contributed by atoms with Crippen LogP contribution in [-0.2, 0) is 11.0 Å². The van der Waals surface area contributed by atoms with Gasteiger partial charge in [0.15, 0.2) is 11.9 Å². The fourth-order valence-electron chi connectivity index (χ4n) is 2.01. The molecule has 0 saturated heterocycles. The summed E-state index contributed by atoms with van der Waals surface area (Å²) in [6.07, 6.45) is -5.38. The van der Waals surface area contributed by atoms with Crippen LogP contribution in [-0.4, -0.2) is 5.78 Å². The van der Waals surface area contributed by atoms with Crippen LogP contribution in [0.15, 0.2) is 48.5 Å². The van der Waals surface area contributed by atoms with Crippen LogP contribution in [0.1, 0.15) is 29.7 Å². The molecule has 0 saturated carbocycles. The van der Waals surface area contributed by atoms with E-state index in [1.54, 1.807) is 12.1 Å². The maximum absolute atomic E-state index is 12.7. The molecule has 0 aliphatic heterocycles. The molecule has 22 heavy (non-hydrogen) atoms. The van der Waals surface area contributed by atoms with Crippen molar-refractivity contribution in [1.29, 1.82) is 0 Å². The molecule has 2 aromatic carbocycles. The molecule has 0 unspecified atom stereocenters. The number of carbonyl (C=O) groups is 1. The Labute approximate surface area is 126 Å². The third-order valence-corrected chi connectivity index (χ3v) is 3.16. The quantitative estimate of drug-likeness (QED) is 0.816. The Morgan fingerprint density at radius 2 is 1.73 bits per heavy atom. The maximum Gasteiger partial charge on any atom is 0.416 e. The first-order valence-corrected chi connectivity index (χ1v) is 6.68. The van der Waals surface area contributed by atoms with E-state index in [9.17, 15) is 18.0 Å². The Morgan fingerprint density at radius 1 is 1.09 bits per heavy atom. The van der Waals surface area contributed by atoms with Gasteiger partial charge in [-0.2, -0.15) is 13.2 Å². The number of rotatable bonds is 4. The third-order valence-electron chi connectivity index (χ3n) is 3.16. The zero-order valence-corrected chi connectivity index (χ0v) is 12.1. The monoisotopic (exact) mass is 308 g/mol. The van der Waals surface area contributed by atoms with Gasteiger partial charge in [0, 0.05) is 0 Å². The van der Waals surface area contributed by atoms with Crippen molar-refractivity contribution in [2.24, 2.45) is 0 Å². The highest BCUT2D eigenvalue weighted by Crippen LogP contribution is 2.32. The lowest BCUT2D eigenvalue weighted by Gasteiger charge is -2.18. The lowest BCUT2D eigenvalue weighted by atomic mass is 10.0. The number of benzene rings is 2. The molecule has 0 aliphatic rings. The molecule has 0 radical (unpaired) electrons. The Balaban J connectivity index is 2.29. The van der Waals surface area contributed by atoms with Gasteiger partial charge >= 0.3 is 6.18 Å². The van der Waals surface area contributed by atoms with E-state index < -0.39 is 17.8 Å². The summed E-state index contributed by atoms with van der Waals surface area (Å²) in [4.78, 5) is 11.8. The Bertz CT molecular complexity index is 660. The van der Waals surface area contributed by atoms with E-state index >= 15 is 0 Å². The summed E-state index contributed by atoms with van der Waals surface area (Å²) in [6.45, 7) is 3.25. The number of ketones is 1. The van der Waals surface area contributed by atoms with Crippen molar-refractivity contribution in [3.8, 4) is 5.75 Å². The summed E-state index contributed by atoms with van der Waals surface area (Å²) in [5.74, 6) is -0.267. The smallest absolute Gasteiger partial charge is 0.416 e. The van der Waals surface area contributed by atoms with Gasteiger partial charge < -0.3 is 4.74 Å². The largest absolute Gasteiger partial charge is 0.478 e. The molecule has 0 spiro atoms. The molecule has 0 fully saturated rings. The number of halogens is 3. The second-order valence-electron chi connectivity index (χ2n) is 5.04. The summed E-state index contributed by atoms with van der Waals surface area (Å²) in [7, 11) is 0. The van der Waals surface area contributed by atoms with E-state index in [1.165, 1.54) is 19.1 Å². The molecule has 0 bridgehead atoms. The van der Waals surface area contributed by atoms with Gasteiger partial charge in [-0.25, -0.2) is 0 Å². The van der Waals surface area contributed by atoms with Crippen molar-refractivity contribution in [2.45, 2.75) is 26.1 Å². The normalized spacial score (nSPS) is 12.8. The second kappa shape index (κ2) is 6.22. The number of hydrogen-bond donors (Lipinski definition) is 0. The van der Waals surface area contributed by atoms with Gasteiger partial charge in [0.25, 0.3) is 0 Å². The van der Waals surface area contributed by atoms with Gasteiger partial charge in [0.1, 0.15) is 5.75 Å². The fourth-order valence-corrected chi connectivity index (χ4v) is 2.01. The zero-order chi connectivity index (χ0) is 16.3. The van der Waals surface area contributed by atoms with E-state index in [4.69, 9.17) is 4.74 Å². The molecule has 0 aliphatic carbocycles. The van der Waals surface area contributed by atoms with Crippen LogP contribution in [0.4, 0.5) is 13.2 Å². The van der Waals surface area contributed by atoms with Gasteiger partial charge in [-0.05, 0) is 37.6 Å². The van der Waals surface area contributed by atoms with E-state index in [1.807, 2.05) is 19.1 Å².